The maximum absolute atomic E-state index is 10.6. The SMILES string of the molecule is [2H]C([2H])([2H])C(O)(CCC[C@@H](C)[C@H]1CC[C@H]2/C(=C/C=C3/C[C@@H](O)CCC3=C)CCC[C@]12C([2H])([2H])[2H])C([2H])([2H])[2H]. The van der Waals surface area contributed by atoms with Crippen LogP contribution in [0.25, 0.3) is 0 Å². The van der Waals surface area contributed by atoms with E-state index >= 15 is 0 Å². The van der Waals surface area contributed by atoms with E-state index in [1.165, 1.54) is 0 Å². The molecule has 29 heavy (non-hydrogen) atoms. The summed E-state index contributed by atoms with van der Waals surface area (Å²) in [6.45, 7) is -2.15. The van der Waals surface area contributed by atoms with Gasteiger partial charge in [0.15, 0.2) is 0 Å². The largest absolute Gasteiger partial charge is 0.393 e. The predicted octanol–water partition coefficient (Wildman–Crippen LogP) is 6.73. The highest BCUT2D eigenvalue weighted by Crippen LogP contribution is 2.60. The van der Waals surface area contributed by atoms with Gasteiger partial charge in [0.1, 0.15) is 0 Å². The lowest BCUT2D eigenvalue weighted by atomic mass is 9.60. The fourth-order valence-electron chi connectivity index (χ4n) is 6.02. The molecule has 3 fully saturated rings. The van der Waals surface area contributed by atoms with Crippen LogP contribution in [0, 0.1) is 23.2 Å². The second-order valence-electron chi connectivity index (χ2n) is 9.79. The lowest BCUT2D eigenvalue weighted by molar-refractivity contribution is 0.0596. The van der Waals surface area contributed by atoms with E-state index in [1.807, 2.05) is 13.0 Å². The number of fused-ring (bicyclic) bond motifs is 1. The van der Waals surface area contributed by atoms with Crippen LogP contribution in [-0.4, -0.2) is 21.9 Å². The number of aliphatic hydroxyl groups excluding tert-OH is 1. The summed E-state index contributed by atoms with van der Waals surface area (Å²) in [4.78, 5) is 0. The van der Waals surface area contributed by atoms with Gasteiger partial charge in [0, 0.05) is 12.3 Å². The molecule has 0 aliphatic heterocycles. The van der Waals surface area contributed by atoms with Crippen molar-refractivity contribution in [2.75, 3.05) is 0 Å². The highest BCUT2D eigenvalue weighted by molar-refractivity contribution is 5.36. The molecule has 3 rings (SSSR count). The standard InChI is InChI=1S/C27H44O2/c1-19-10-13-23(28)18-22(19)12-11-21-9-7-17-27(5)24(14-15-25(21)27)20(2)8-6-16-26(3,4)29/h11-12,20,23-25,28-29H,1,6-10,13-18H2,2-5H3/b21-11+,22-12-/t20-,23+,24-,25+,27-/m1/s1/i3D3,4D3,5D3. The number of hydrogen-bond donors (Lipinski definition) is 2. The van der Waals surface area contributed by atoms with Crippen LogP contribution in [0.15, 0.2) is 35.5 Å². The van der Waals surface area contributed by atoms with Crippen LogP contribution in [-0.2, 0) is 0 Å². The summed E-state index contributed by atoms with van der Waals surface area (Å²) in [5.74, 6) is -0.267. The molecular weight excluding hydrogens is 356 g/mol. The van der Waals surface area contributed by atoms with E-state index < -0.39 is 38.0 Å². The van der Waals surface area contributed by atoms with Gasteiger partial charge in [-0.25, -0.2) is 0 Å². The van der Waals surface area contributed by atoms with E-state index in [0.29, 0.717) is 25.7 Å². The van der Waals surface area contributed by atoms with Crippen molar-refractivity contribution in [3.8, 4) is 0 Å². The molecule has 0 spiro atoms. The lowest BCUT2D eigenvalue weighted by Crippen LogP contribution is -2.36. The maximum Gasteiger partial charge on any atom is 0.0591 e. The van der Waals surface area contributed by atoms with Gasteiger partial charge in [-0.15, -0.1) is 0 Å². The molecule has 0 bridgehead atoms. The van der Waals surface area contributed by atoms with E-state index in [9.17, 15) is 10.2 Å². The van der Waals surface area contributed by atoms with Crippen molar-refractivity contribution in [2.24, 2.45) is 23.2 Å². The normalized spacial score (nSPS) is 43.1. The van der Waals surface area contributed by atoms with E-state index in [2.05, 4.69) is 12.7 Å². The summed E-state index contributed by atoms with van der Waals surface area (Å²) in [5, 5.41) is 20.7. The van der Waals surface area contributed by atoms with Gasteiger partial charge in [-0.3, -0.25) is 0 Å². The molecule has 0 amide bonds. The summed E-state index contributed by atoms with van der Waals surface area (Å²) in [6, 6.07) is 0. The molecule has 2 N–H and O–H groups in total. The monoisotopic (exact) mass is 409 g/mol. The van der Waals surface area contributed by atoms with Crippen molar-refractivity contribution in [1.29, 1.82) is 0 Å². The zero-order chi connectivity index (χ0) is 28.7. The number of aliphatic hydroxyl groups is 2. The van der Waals surface area contributed by atoms with Crippen molar-refractivity contribution >= 4 is 0 Å². The summed E-state index contributed by atoms with van der Waals surface area (Å²) < 4.78 is 71.6. The summed E-state index contributed by atoms with van der Waals surface area (Å²) in [5.41, 5.74) is -0.480. The first kappa shape index (κ1) is 13.5. The Morgan fingerprint density at radius 1 is 1.28 bits per heavy atom. The summed E-state index contributed by atoms with van der Waals surface area (Å²) in [6.07, 6.45) is 9.72. The fraction of sp³-hybridized carbons (Fsp3) is 0.778. The summed E-state index contributed by atoms with van der Waals surface area (Å²) >= 11 is 0. The van der Waals surface area contributed by atoms with Gasteiger partial charge in [0.25, 0.3) is 0 Å². The molecule has 0 heterocycles. The molecule has 0 unspecified atom stereocenters. The van der Waals surface area contributed by atoms with Crippen molar-refractivity contribution in [2.45, 2.75) is 110 Å². The lowest BCUT2D eigenvalue weighted by Gasteiger charge is -2.44. The van der Waals surface area contributed by atoms with Gasteiger partial charge < -0.3 is 10.2 Å². The van der Waals surface area contributed by atoms with Crippen LogP contribution < -0.4 is 0 Å². The van der Waals surface area contributed by atoms with E-state index in [4.69, 9.17) is 12.3 Å². The van der Waals surface area contributed by atoms with Crippen molar-refractivity contribution in [3.05, 3.63) is 35.5 Å². The van der Waals surface area contributed by atoms with Crippen LogP contribution in [0.5, 0.6) is 0 Å². The first-order chi connectivity index (χ1) is 17.3. The molecule has 0 aromatic carbocycles. The van der Waals surface area contributed by atoms with Crippen LogP contribution in [0.2, 0.25) is 0 Å². The molecule has 2 nitrogen and oxygen atoms in total. The third-order valence-electron chi connectivity index (χ3n) is 7.63. The zero-order valence-corrected chi connectivity index (χ0v) is 17.8. The third kappa shape index (κ3) is 5.44. The van der Waals surface area contributed by atoms with Gasteiger partial charge >= 0.3 is 0 Å². The molecule has 0 aromatic rings. The molecule has 3 aliphatic carbocycles. The van der Waals surface area contributed by atoms with Gasteiger partial charge in [-0.1, -0.05) is 56.5 Å². The third-order valence-corrected chi connectivity index (χ3v) is 7.63. The molecule has 2 heteroatoms. The molecule has 164 valence electrons. The Morgan fingerprint density at radius 2 is 2.10 bits per heavy atom. The van der Waals surface area contributed by atoms with Crippen LogP contribution >= 0.6 is 0 Å². The Labute approximate surface area is 191 Å². The molecular formula is C27H44O2. The Hall–Kier alpha value is -0.860. The fourth-order valence-corrected chi connectivity index (χ4v) is 6.02. The minimum atomic E-state index is -3.04. The Morgan fingerprint density at radius 3 is 2.86 bits per heavy atom. The Kier molecular flexibility index (Phi) is 4.25. The first-order valence-corrected chi connectivity index (χ1v) is 11.3. The van der Waals surface area contributed by atoms with Crippen LogP contribution in [0.1, 0.15) is 110 Å². The molecule has 0 saturated heterocycles. The van der Waals surface area contributed by atoms with E-state index in [1.54, 1.807) is 0 Å². The Balaban J connectivity index is 1.82. The first-order valence-electron chi connectivity index (χ1n) is 15.8. The minimum absolute atomic E-state index is 0.0659. The zero-order valence-electron chi connectivity index (χ0n) is 26.8. The van der Waals surface area contributed by atoms with Crippen LogP contribution in [0.4, 0.5) is 0 Å². The van der Waals surface area contributed by atoms with Crippen molar-refractivity contribution in [3.63, 3.8) is 0 Å². The van der Waals surface area contributed by atoms with Crippen LogP contribution in [0.3, 0.4) is 0 Å². The molecule has 0 radical (unpaired) electrons. The topological polar surface area (TPSA) is 40.5 Å². The maximum atomic E-state index is 10.6. The van der Waals surface area contributed by atoms with Gasteiger partial charge in [-0.05, 0) is 100 Å². The highest BCUT2D eigenvalue weighted by atomic mass is 16.3. The highest BCUT2D eigenvalue weighted by Gasteiger charge is 2.50. The molecule has 3 saturated carbocycles. The second kappa shape index (κ2) is 9.10. The number of hydrogen-bond acceptors (Lipinski definition) is 2. The van der Waals surface area contributed by atoms with E-state index in [0.717, 1.165) is 48.8 Å². The minimum Gasteiger partial charge on any atom is -0.393 e. The predicted molar refractivity (Wildman–Crippen MR) is 123 cm³/mol. The molecule has 3 aliphatic rings. The number of rotatable bonds is 6. The van der Waals surface area contributed by atoms with Gasteiger partial charge in [0.05, 0.1) is 11.7 Å². The van der Waals surface area contributed by atoms with Gasteiger partial charge in [0.2, 0.25) is 0 Å². The smallest absolute Gasteiger partial charge is 0.0591 e. The molecule has 5 atom stereocenters. The van der Waals surface area contributed by atoms with E-state index in [-0.39, 0.29) is 30.3 Å². The Bertz CT molecular complexity index is 914. The average Bonchev–Trinajstić information content (AvgIpc) is 3.19. The number of allylic oxidation sites excluding steroid dienone is 4. The van der Waals surface area contributed by atoms with Crippen molar-refractivity contribution < 1.29 is 22.5 Å². The average molecular weight is 410 g/mol. The van der Waals surface area contributed by atoms with Crippen molar-refractivity contribution in [1.82, 2.24) is 0 Å². The van der Waals surface area contributed by atoms with Gasteiger partial charge in [-0.2, -0.15) is 0 Å². The molecule has 0 aromatic heterocycles. The second-order valence-corrected chi connectivity index (χ2v) is 9.79. The summed E-state index contributed by atoms with van der Waals surface area (Å²) in [7, 11) is 0. The quantitative estimate of drug-likeness (QED) is 0.510.